The summed E-state index contributed by atoms with van der Waals surface area (Å²) in [7, 11) is 0. The van der Waals surface area contributed by atoms with E-state index in [2.05, 4.69) is 0 Å². The molecule has 6 atom stereocenters. The zero-order chi connectivity index (χ0) is 22.0. The number of carbonyl (C=O) groups excluding carboxylic acids is 4. The van der Waals surface area contributed by atoms with Crippen molar-refractivity contribution >= 4 is 23.8 Å². The molecule has 3 saturated heterocycles. The Kier molecular flexibility index (Phi) is 4.36. The predicted molar refractivity (Wildman–Crippen MR) is 108 cm³/mol. The quantitative estimate of drug-likeness (QED) is 0.513. The maximum Gasteiger partial charge on any atom is 0.355 e. The van der Waals surface area contributed by atoms with Crippen LogP contribution in [0.1, 0.15) is 24.8 Å². The van der Waals surface area contributed by atoms with Crippen molar-refractivity contribution in [3.63, 3.8) is 0 Å². The molecule has 1 aromatic rings. The molecular formula is C23H23N3O6. The SMILES string of the molecule is O=C(ON1C(=O)C2[C@@H]3C=C[C@@H](C3)[C@H]2C1=O)[C@@H]1CC[C@@H]2CN1C(=O)N2OCc1ccccc1. The largest absolute Gasteiger partial charge is 0.355 e. The first-order chi connectivity index (χ1) is 15.5. The van der Waals surface area contributed by atoms with Crippen molar-refractivity contribution in [1.29, 1.82) is 0 Å². The molecule has 0 aromatic heterocycles. The third-order valence-electron chi connectivity index (χ3n) is 7.42. The molecule has 4 amide bonds. The fourth-order valence-corrected chi connectivity index (χ4v) is 5.88. The number of hydroxylamine groups is 4. The van der Waals surface area contributed by atoms with Gasteiger partial charge in [-0.2, -0.15) is 5.06 Å². The fraction of sp³-hybridized carbons (Fsp3) is 0.478. The van der Waals surface area contributed by atoms with Crippen LogP contribution in [0.15, 0.2) is 42.5 Å². The van der Waals surface area contributed by atoms with Gasteiger partial charge in [0.15, 0.2) is 0 Å². The number of imide groups is 1. The van der Waals surface area contributed by atoms with E-state index in [9.17, 15) is 19.2 Å². The predicted octanol–water partition coefficient (Wildman–Crippen LogP) is 1.65. The molecule has 5 aliphatic rings. The molecule has 32 heavy (non-hydrogen) atoms. The number of rotatable bonds is 5. The van der Waals surface area contributed by atoms with Crippen molar-refractivity contribution in [3.05, 3.63) is 48.0 Å². The number of hydrogen-bond acceptors (Lipinski definition) is 6. The molecule has 9 nitrogen and oxygen atoms in total. The van der Waals surface area contributed by atoms with E-state index in [0.29, 0.717) is 24.4 Å². The Morgan fingerprint density at radius 3 is 2.34 bits per heavy atom. The minimum absolute atomic E-state index is 0.0380. The number of urea groups is 1. The van der Waals surface area contributed by atoms with Gasteiger partial charge in [0.25, 0.3) is 11.8 Å². The van der Waals surface area contributed by atoms with Gasteiger partial charge < -0.3 is 9.74 Å². The van der Waals surface area contributed by atoms with Crippen molar-refractivity contribution in [2.24, 2.45) is 23.7 Å². The third-order valence-corrected chi connectivity index (χ3v) is 7.42. The Bertz CT molecular complexity index is 996. The smallest absolute Gasteiger partial charge is 0.328 e. The first-order valence-electron chi connectivity index (χ1n) is 11.1. The lowest BCUT2D eigenvalue weighted by molar-refractivity contribution is -0.202. The van der Waals surface area contributed by atoms with Gasteiger partial charge in [0.05, 0.1) is 17.9 Å². The molecule has 4 bridgehead atoms. The average Bonchev–Trinajstić information content (AvgIpc) is 3.54. The molecule has 2 aliphatic carbocycles. The minimum Gasteiger partial charge on any atom is -0.328 e. The van der Waals surface area contributed by atoms with Crippen molar-refractivity contribution in [2.75, 3.05) is 6.54 Å². The second-order valence-corrected chi connectivity index (χ2v) is 9.15. The maximum atomic E-state index is 12.9. The highest BCUT2D eigenvalue weighted by Gasteiger charge is 2.61. The molecule has 0 spiro atoms. The van der Waals surface area contributed by atoms with Crippen molar-refractivity contribution in [1.82, 2.24) is 15.0 Å². The fourth-order valence-electron chi connectivity index (χ4n) is 5.88. The monoisotopic (exact) mass is 437 g/mol. The van der Waals surface area contributed by atoms with Crippen LogP contribution < -0.4 is 0 Å². The lowest BCUT2D eigenvalue weighted by Crippen LogP contribution is -2.48. The van der Waals surface area contributed by atoms with Crippen LogP contribution in [0.4, 0.5) is 4.79 Å². The van der Waals surface area contributed by atoms with Gasteiger partial charge in [-0.25, -0.2) is 9.59 Å². The second-order valence-electron chi connectivity index (χ2n) is 9.15. The summed E-state index contributed by atoms with van der Waals surface area (Å²) in [4.78, 5) is 63.9. The molecule has 166 valence electrons. The summed E-state index contributed by atoms with van der Waals surface area (Å²) in [5, 5.41) is 1.99. The van der Waals surface area contributed by atoms with Crippen LogP contribution in [0.2, 0.25) is 0 Å². The molecule has 1 aromatic carbocycles. The van der Waals surface area contributed by atoms with Crippen LogP contribution in [0.25, 0.3) is 0 Å². The molecule has 6 rings (SSSR count). The van der Waals surface area contributed by atoms with Crippen LogP contribution in [-0.4, -0.2) is 57.5 Å². The zero-order valence-corrected chi connectivity index (χ0v) is 17.3. The lowest BCUT2D eigenvalue weighted by atomic mass is 9.85. The number of nitrogens with zero attached hydrogens (tertiary/aromatic N) is 3. The molecule has 0 radical (unpaired) electrons. The first kappa shape index (κ1) is 19.5. The third kappa shape index (κ3) is 2.80. The van der Waals surface area contributed by atoms with E-state index < -0.39 is 41.7 Å². The van der Waals surface area contributed by atoms with Crippen LogP contribution in [-0.2, 0) is 30.7 Å². The van der Waals surface area contributed by atoms with E-state index in [1.807, 2.05) is 42.5 Å². The van der Waals surface area contributed by atoms with E-state index in [1.54, 1.807) is 0 Å². The van der Waals surface area contributed by atoms with Gasteiger partial charge in [-0.15, -0.1) is 5.06 Å². The molecule has 0 N–H and O–H groups in total. The molecule has 1 unspecified atom stereocenters. The zero-order valence-electron chi connectivity index (χ0n) is 17.3. The van der Waals surface area contributed by atoms with Crippen LogP contribution in [0.5, 0.6) is 0 Å². The number of benzene rings is 1. The van der Waals surface area contributed by atoms with E-state index in [0.717, 1.165) is 12.0 Å². The van der Waals surface area contributed by atoms with E-state index in [1.165, 1.54) is 9.96 Å². The Morgan fingerprint density at radius 2 is 1.66 bits per heavy atom. The molecule has 9 heteroatoms. The summed E-state index contributed by atoms with van der Waals surface area (Å²) in [5.74, 6) is -2.43. The lowest BCUT2D eigenvalue weighted by Gasteiger charge is -2.29. The van der Waals surface area contributed by atoms with Gasteiger partial charge in [-0.1, -0.05) is 42.5 Å². The standard InChI is InChI=1S/C23H23N3O6/c27-20-18-14-6-7-15(10-14)19(18)21(28)26(20)32-22(29)17-9-8-16-11-24(17)23(30)25(16)31-12-13-4-2-1-3-5-13/h1-7,14-19H,8-12H2/t14-,15+,16-,17+,18?,19-/m1/s1. The van der Waals surface area contributed by atoms with Crippen LogP contribution in [0.3, 0.4) is 0 Å². The summed E-state index contributed by atoms with van der Waals surface area (Å²) in [6.07, 6.45) is 5.72. The van der Waals surface area contributed by atoms with Crippen LogP contribution in [0, 0.1) is 23.7 Å². The number of hydrogen-bond donors (Lipinski definition) is 0. The van der Waals surface area contributed by atoms with Gasteiger partial charge in [0.1, 0.15) is 12.6 Å². The van der Waals surface area contributed by atoms with Crippen molar-refractivity contribution in [3.8, 4) is 0 Å². The van der Waals surface area contributed by atoms with Gasteiger partial charge in [-0.3, -0.25) is 14.4 Å². The average molecular weight is 437 g/mol. The van der Waals surface area contributed by atoms with E-state index in [-0.39, 0.29) is 24.5 Å². The minimum atomic E-state index is -0.847. The number of piperidine rings is 1. The Morgan fingerprint density at radius 1 is 0.969 bits per heavy atom. The summed E-state index contributed by atoms with van der Waals surface area (Å²) < 4.78 is 0. The Hall–Kier alpha value is -3.20. The maximum absolute atomic E-state index is 12.9. The number of amides is 4. The topological polar surface area (TPSA) is 96.5 Å². The Balaban J connectivity index is 1.11. The number of allylic oxidation sites excluding steroid dienone is 2. The van der Waals surface area contributed by atoms with Gasteiger partial charge in [0, 0.05) is 6.54 Å². The molecule has 3 heterocycles. The highest BCUT2D eigenvalue weighted by molar-refractivity contribution is 6.06. The highest BCUT2D eigenvalue weighted by atomic mass is 16.7. The van der Waals surface area contributed by atoms with Gasteiger partial charge in [-0.05, 0) is 36.7 Å². The summed E-state index contributed by atoms with van der Waals surface area (Å²) in [5.41, 5.74) is 0.938. The summed E-state index contributed by atoms with van der Waals surface area (Å²) in [6.45, 7) is 0.594. The molecule has 3 aliphatic heterocycles. The highest BCUT2D eigenvalue weighted by Crippen LogP contribution is 2.52. The van der Waals surface area contributed by atoms with Gasteiger partial charge >= 0.3 is 12.0 Å². The van der Waals surface area contributed by atoms with Crippen LogP contribution >= 0.6 is 0 Å². The Labute approximate surface area is 184 Å². The summed E-state index contributed by atoms with van der Waals surface area (Å²) in [6, 6.07) is 8.13. The van der Waals surface area contributed by atoms with E-state index in [4.69, 9.17) is 9.68 Å². The van der Waals surface area contributed by atoms with E-state index >= 15 is 0 Å². The second kappa shape index (κ2) is 7.16. The van der Waals surface area contributed by atoms with Crippen molar-refractivity contribution < 1.29 is 28.9 Å². The molecule has 1 saturated carbocycles. The normalized spacial score (nSPS) is 34.6. The number of carbonyl (C=O) groups is 4. The summed E-state index contributed by atoms with van der Waals surface area (Å²) >= 11 is 0. The number of fused-ring (bicyclic) bond motifs is 7. The molecular weight excluding hydrogens is 414 g/mol. The van der Waals surface area contributed by atoms with Gasteiger partial charge in [0.2, 0.25) is 0 Å². The molecule has 4 fully saturated rings. The first-order valence-corrected chi connectivity index (χ1v) is 11.1. The van der Waals surface area contributed by atoms with Crippen molar-refractivity contribution in [2.45, 2.75) is 38.0 Å².